The van der Waals surface area contributed by atoms with Crippen LogP contribution in [0.25, 0.3) is 0 Å². The van der Waals surface area contributed by atoms with E-state index < -0.39 is 0 Å². The molecular formula is C7H13Br. The minimum atomic E-state index is 0.812. The first kappa shape index (κ1) is 6.60. The highest BCUT2D eigenvalue weighted by Crippen LogP contribution is 2.34. The van der Waals surface area contributed by atoms with Gasteiger partial charge in [0.2, 0.25) is 0 Å². The van der Waals surface area contributed by atoms with Gasteiger partial charge in [0.25, 0.3) is 0 Å². The molecule has 0 heterocycles. The average molecular weight is 177 g/mol. The second-order valence-corrected chi connectivity index (χ2v) is 4.32. The van der Waals surface area contributed by atoms with Crippen molar-refractivity contribution in [1.82, 2.24) is 0 Å². The molecule has 1 fully saturated rings. The van der Waals surface area contributed by atoms with Crippen LogP contribution in [-0.2, 0) is 0 Å². The maximum Gasteiger partial charge on any atom is 0.0151 e. The van der Waals surface area contributed by atoms with Gasteiger partial charge in [0.15, 0.2) is 0 Å². The summed E-state index contributed by atoms with van der Waals surface area (Å²) in [4.78, 5) is 0.812. The van der Waals surface area contributed by atoms with E-state index in [4.69, 9.17) is 0 Å². The van der Waals surface area contributed by atoms with Crippen LogP contribution in [0.2, 0.25) is 0 Å². The van der Waals surface area contributed by atoms with Gasteiger partial charge in [0, 0.05) is 4.83 Å². The van der Waals surface area contributed by atoms with E-state index in [0.29, 0.717) is 0 Å². The van der Waals surface area contributed by atoms with Gasteiger partial charge in [0.1, 0.15) is 0 Å². The van der Waals surface area contributed by atoms with Crippen LogP contribution >= 0.6 is 15.9 Å². The zero-order chi connectivity index (χ0) is 6.15. The fourth-order valence-corrected chi connectivity index (χ4v) is 2.55. The lowest BCUT2D eigenvalue weighted by Crippen LogP contribution is -1.95. The summed E-state index contributed by atoms with van der Waals surface area (Å²) in [5, 5.41) is 0. The van der Waals surface area contributed by atoms with Gasteiger partial charge in [-0.3, -0.25) is 0 Å². The summed E-state index contributed by atoms with van der Waals surface area (Å²) in [6, 6.07) is 0. The standard InChI is InChI=1S/C7H13Br/c1-5-3-7(8)4-6(5)2/h5-7H,3-4H2,1-2H3/t5-,6+,7?. The smallest absolute Gasteiger partial charge is 0.0151 e. The Morgan fingerprint density at radius 1 is 1.12 bits per heavy atom. The normalized spacial score (nSPS) is 47.6. The van der Waals surface area contributed by atoms with Crippen LogP contribution in [0.3, 0.4) is 0 Å². The SMILES string of the molecule is C[C@@H]1CC(Br)C[C@@H]1C. The summed E-state index contributed by atoms with van der Waals surface area (Å²) in [5.74, 6) is 1.89. The maximum atomic E-state index is 3.62. The summed E-state index contributed by atoms with van der Waals surface area (Å²) in [6.45, 7) is 4.68. The van der Waals surface area contributed by atoms with Crippen molar-refractivity contribution in [2.45, 2.75) is 31.5 Å². The molecule has 1 aliphatic carbocycles. The summed E-state index contributed by atoms with van der Waals surface area (Å²) in [7, 11) is 0. The van der Waals surface area contributed by atoms with Gasteiger partial charge in [-0.25, -0.2) is 0 Å². The van der Waals surface area contributed by atoms with Crippen LogP contribution in [0.15, 0.2) is 0 Å². The minimum Gasteiger partial charge on any atom is -0.0890 e. The van der Waals surface area contributed by atoms with Crippen molar-refractivity contribution >= 4 is 15.9 Å². The van der Waals surface area contributed by atoms with E-state index in [1.54, 1.807) is 0 Å². The molecule has 48 valence electrons. The lowest BCUT2D eigenvalue weighted by Gasteiger charge is -2.04. The van der Waals surface area contributed by atoms with Gasteiger partial charge in [0.05, 0.1) is 0 Å². The van der Waals surface area contributed by atoms with Crippen molar-refractivity contribution in [3.05, 3.63) is 0 Å². The lowest BCUT2D eigenvalue weighted by atomic mass is 10.0. The molecule has 0 aromatic heterocycles. The number of rotatable bonds is 0. The molecule has 1 heteroatoms. The molecule has 0 amide bonds. The molecule has 3 atom stereocenters. The Hall–Kier alpha value is 0.480. The lowest BCUT2D eigenvalue weighted by molar-refractivity contribution is 0.457. The Balaban J connectivity index is 2.39. The first-order valence-corrected chi connectivity index (χ1v) is 4.25. The Morgan fingerprint density at radius 2 is 1.50 bits per heavy atom. The molecule has 1 unspecified atom stereocenters. The van der Waals surface area contributed by atoms with Crippen molar-refractivity contribution in [3.8, 4) is 0 Å². The average Bonchev–Trinajstić information content (AvgIpc) is 1.85. The van der Waals surface area contributed by atoms with Crippen molar-refractivity contribution in [2.24, 2.45) is 11.8 Å². The van der Waals surface area contributed by atoms with Crippen LogP contribution in [0.1, 0.15) is 26.7 Å². The van der Waals surface area contributed by atoms with E-state index >= 15 is 0 Å². The molecule has 0 radical (unpaired) electrons. The molecular weight excluding hydrogens is 164 g/mol. The van der Waals surface area contributed by atoms with Crippen LogP contribution in [0.4, 0.5) is 0 Å². The van der Waals surface area contributed by atoms with E-state index in [0.717, 1.165) is 16.7 Å². The number of hydrogen-bond donors (Lipinski definition) is 0. The first-order valence-electron chi connectivity index (χ1n) is 3.34. The highest BCUT2D eigenvalue weighted by Gasteiger charge is 2.25. The fraction of sp³-hybridized carbons (Fsp3) is 1.00. The highest BCUT2D eigenvalue weighted by atomic mass is 79.9. The number of alkyl halides is 1. The molecule has 8 heavy (non-hydrogen) atoms. The molecule has 0 aliphatic heterocycles. The van der Waals surface area contributed by atoms with Gasteiger partial charge in [-0.2, -0.15) is 0 Å². The van der Waals surface area contributed by atoms with Crippen molar-refractivity contribution in [3.63, 3.8) is 0 Å². The molecule has 1 saturated carbocycles. The number of hydrogen-bond acceptors (Lipinski definition) is 0. The van der Waals surface area contributed by atoms with Gasteiger partial charge < -0.3 is 0 Å². The monoisotopic (exact) mass is 176 g/mol. The maximum absolute atomic E-state index is 3.62. The fourth-order valence-electron chi connectivity index (χ4n) is 1.37. The Labute approximate surface area is 59.8 Å². The highest BCUT2D eigenvalue weighted by molar-refractivity contribution is 9.09. The molecule has 0 nitrogen and oxygen atoms in total. The van der Waals surface area contributed by atoms with Gasteiger partial charge in [-0.15, -0.1) is 0 Å². The Bertz CT molecular complexity index is 70.5. The molecule has 0 bridgehead atoms. The summed E-state index contributed by atoms with van der Waals surface area (Å²) < 4.78 is 0. The van der Waals surface area contributed by atoms with Crippen LogP contribution in [0, 0.1) is 11.8 Å². The van der Waals surface area contributed by atoms with E-state index in [-0.39, 0.29) is 0 Å². The largest absolute Gasteiger partial charge is 0.0890 e. The van der Waals surface area contributed by atoms with Gasteiger partial charge in [-0.1, -0.05) is 29.8 Å². The molecule has 0 aromatic rings. The summed E-state index contributed by atoms with van der Waals surface area (Å²) in [5.41, 5.74) is 0. The molecule has 0 N–H and O–H groups in total. The first-order chi connectivity index (χ1) is 3.70. The summed E-state index contributed by atoms with van der Waals surface area (Å²) in [6.07, 6.45) is 2.75. The third-order valence-electron chi connectivity index (χ3n) is 2.23. The third-order valence-corrected chi connectivity index (χ3v) is 2.97. The molecule has 0 spiro atoms. The number of halogens is 1. The van der Waals surface area contributed by atoms with E-state index in [2.05, 4.69) is 29.8 Å². The Kier molecular flexibility index (Phi) is 1.97. The second-order valence-electron chi connectivity index (χ2n) is 3.02. The van der Waals surface area contributed by atoms with Crippen molar-refractivity contribution < 1.29 is 0 Å². The van der Waals surface area contributed by atoms with E-state index in [9.17, 15) is 0 Å². The van der Waals surface area contributed by atoms with Crippen LogP contribution in [0.5, 0.6) is 0 Å². The molecule has 0 aromatic carbocycles. The van der Waals surface area contributed by atoms with Gasteiger partial charge in [-0.05, 0) is 24.7 Å². The minimum absolute atomic E-state index is 0.812. The summed E-state index contributed by atoms with van der Waals surface area (Å²) >= 11 is 3.62. The quantitative estimate of drug-likeness (QED) is 0.499. The van der Waals surface area contributed by atoms with Crippen LogP contribution in [-0.4, -0.2) is 4.83 Å². The Morgan fingerprint density at radius 3 is 1.62 bits per heavy atom. The van der Waals surface area contributed by atoms with Crippen LogP contribution < -0.4 is 0 Å². The molecule has 1 aliphatic rings. The predicted molar refractivity (Wildman–Crippen MR) is 40.3 cm³/mol. The van der Waals surface area contributed by atoms with Gasteiger partial charge >= 0.3 is 0 Å². The van der Waals surface area contributed by atoms with Crippen molar-refractivity contribution in [2.75, 3.05) is 0 Å². The zero-order valence-corrected chi connectivity index (χ0v) is 7.11. The predicted octanol–water partition coefficient (Wildman–Crippen LogP) is 2.82. The topological polar surface area (TPSA) is 0 Å². The second kappa shape index (κ2) is 2.38. The van der Waals surface area contributed by atoms with E-state index in [1.807, 2.05) is 0 Å². The van der Waals surface area contributed by atoms with E-state index in [1.165, 1.54) is 12.8 Å². The third kappa shape index (κ3) is 1.25. The molecule has 0 saturated heterocycles. The zero-order valence-electron chi connectivity index (χ0n) is 5.52. The molecule has 1 rings (SSSR count). The van der Waals surface area contributed by atoms with Crippen molar-refractivity contribution in [1.29, 1.82) is 0 Å².